The summed E-state index contributed by atoms with van der Waals surface area (Å²) in [5.41, 5.74) is 21.5. The lowest BCUT2D eigenvalue weighted by molar-refractivity contribution is 0.0517. The van der Waals surface area contributed by atoms with E-state index in [0.717, 1.165) is 80.1 Å². The van der Waals surface area contributed by atoms with Crippen LogP contribution in [0.4, 0.5) is 22.7 Å². The summed E-state index contributed by atoms with van der Waals surface area (Å²) in [6, 6.07) is 72.0. The fourth-order valence-corrected chi connectivity index (χ4v) is 8.25. The molecule has 8 aromatic carbocycles. The van der Waals surface area contributed by atoms with Crippen molar-refractivity contribution in [1.29, 1.82) is 0 Å². The van der Waals surface area contributed by atoms with Crippen LogP contribution in [0.25, 0.3) is 0 Å². The maximum Gasteiger partial charge on any atom is 0.338 e. The first-order valence-electron chi connectivity index (χ1n) is 26.3. The van der Waals surface area contributed by atoms with E-state index in [1.54, 1.807) is 37.3 Å². The molecule has 2 fully saturated rings. The lowest BCUT2D eigenvalue weighted by Gasteiger charge is -2.26. The third kappa shape index (κ3) is 18.0. The lowest BCUT2D eigenvalue weighted by Crippen LogP contribution is -2.22. The van der Waals surface area contributed by atoms with Gasteiger partial charge in [0.1, 0.15) is 0 Å². The Morgan fingerprint density at radius 2 is 0.737 bits per heavy atom. The third-order valence-corrected chi connectivity index (χ3v) is 12.6. The highest BCUT2D eigenvalue weighted by Gasteiger charge is 2.42. The first-order chi connectivity index (χ1) is 36.9. The summed E-state index contributed by atoms with van der Waals surface area (Å²) in [5, 5.41) is 20.1. The highest BCUT2D eigenvalue weighted by atomic mass is 16.5. The Morgan fingerprint density at radius 1 is 0.421 bits per heavy atom. The summed E-state index contributed by atoms with van der Waals surface area (Å²) >= 11 is 0. The van der Waals surface area contributed by atoms with Gasteiger partial charge in [-0.1, -0.05) is 172 Å². The van der Waals surface area contributed by atoms with E-state index < -0.39 is 11.2 Å². The van der Waals surface area contributed by atoms with Gasteiger partial charge in [0.25, 0.3) is 0 Å². The zero-order chi connectivity index (χ0) is 54.2. The van der Waals surface area contributed by atoms with Crippen LogP contribution in [0.15, 0.2) is 218 Å². The minimum atomic E-state index is -0.596. The zero-order valence-corrected chi connectivity index (χ0v) is 44.4. The van der Waals surface area contributed by atoms with Crippen molar-refractivity contribution in [3.63, 3.8) is 0 Å². The van der Waals surface area contributed by atoms with Crippen molar-refractivity contribution in [2.45, 2.75) is 90.8 Å². The van der Waals surface area contributed by atoms with Gasteiger partial charge in [0.15, 0.2) is 0 Å². The number of anilines is 4. The van der Waals surface area contributed by atoms with E-state index in [1.807, 2.05) is 118 Å². The molecule has 0 radical (unpaired) electrons. The minimum absolute atomic E-state index is 0.284. The van der Waals surface area contributed by atoms with Crippen molar-refractivity contribution < 1.29 is 29.3 Å². The number of nitrogen functional groups attached to an aromatic ring is 2. The molecule has 0 saturated heterocycles. The highest BCUT2D eigenvalue weighted by molar-refractivity contribution is 5.91. The Balaban J connectivity index is 0.000000173. The van der Waals surface area contributed by atoms with E-state index >= 15 is 0 Å². The standard InChI is InChI=1S/C23H23NO2.C23H23NO.C9H11NO2.C9H11NO.C2H6/c1-2-26-23(25)21-14-9-15-22(16-21)24(17-19-10-5-3-6-11-19)18-20-12-7-4-8-13-20;25-23(14-15-23)21-12-7-13-22(16-21)24(17-19-8-3-1-4-9-19)18-20-10-5-2-6-11-20;1-2-12-9(11)7-4-3-5-8(10)6-7;10-8-3-1-2-7(6-8)9(11)4-5-9;1-2/h3-16H,2,17-18H2,1H3;1-13,16,25H,14-15,17-18H2;3-6H,2,10H2,1H3;1-3,6,11H,4-5,10H2;1-2H3. The van der Waals surface area contributed by atoms with Gasteiger partial charge in [0.05, 0.1) is 35.5 Å². The number of carbonyl (C=O) groups excluding carboxylic acids is 2. The first kappa shape index (κ1) is 57.1. The Kier molecular flexibility index (Phi) is 21.8. The van der Waals surface area contributed by atoms with Crippen molar-refractivity contribution in [2.24, 2.45) is 0 Å². The molecule has 0 aromatic heterocycles. The highest BCUT2D eigenvalue weighted by Crippen LogP contribution is 2.46. The largest absolute Gasteiger partial charge is 0.462 e. The van der Waals surface area contributed by atoms with Crippen molar-refractivity contribution in [2.75, 3.05) is 34.5 Å². The van der Waals surface area contributed by atoms with Gasteiger partial charge in [-0.15, -0.1) is 0 Å². The van der Waals surface area contributed by atoms with Gasteiger partial charge in [0.2, 0.25) is 0 Å². The second-order valence-corrected chi connectivity index (χ2v) is 18.5. The number of rotatable bonds is 16. The average Bonchev–Trinajstić information content (AvgIpc) is 4.41. The maximum atomic E-state index is 12.1. The molecule has 10 rings (SSSR count). The van der Waals surface area contributed by atoms with Gasteiger partial charge in [-0.25, -0.2) is 9.59 Å². The second-order valence-electron chi connectivity index (χ2n) is 18.5. The van der Waals surface area contributed by atoms with E-state index in [0.29, 0.717) is 30.0 Å². The van der Waals surface area contributed by atoms with Gasteiger partial charge in [-0.2, -0.15) is 0 Å². The normalized spacial score (nSPS) is 12.9. The van der Waals surface area contributed by atoms with Crippen LogP contribution in [-0.4, -0.2) is 35.4 Å². The molecule has 0 amide bonds. The number of esters is 2. The molecule has 8 aromatic rings. The predicted octanol–water partition coefficient (Wildman–Crippen LogP) is 13.7. The van der Waals surface area contributed by atoms with Crippen LogP contribution in [0.5, 0.6) is 0 Å². The fraction of sp³-hybridized carbons (Fsp3) is 0.242. The Bertz CT molecular complexity index is 2900. The van der Waals surface area contributed by atoms with Crippen LogP contribution < -0.4 is 21.3 Å². The monoisotopic (exact) mass is 1020 g/mol. The summed E-state index contributed by atoms with van der Waals surface area (Å²) in [4.78, 5) is 27.9. The van der Waals surface area contributed by atoms with Crippen LogP contribution in [-0.2, 0) is 46.9 Å². The van der Waals surface area contributed by atoms with Crippen LogP contribution in [0.1, 0.15) is 107 Å². The molecule has 10 nitrogen and oxygen atoms in total. The Hall–Kier alpha value is -8.18. The first-order valence-corrected chi connectivity index (χ1v) is 26.3. The van der Waals surface area contributed by atoms with Gasteiger partial charge < -0.3 is 41.0 Å². The number of benzene rings is 8. The number of ether oxygens (including phenoxy) is 2. The van der Waals surface area contributed by atoms with E-state index in [1.165, 1.54) is 22.3 Å². The number of nitrogens with two attached hydrogens (primary N) is 2. The van der Waals surface area contributed by atoms with Crippen molar-refractivity contribution in [1.82, 2.24) is 0 Å². The van der Waals surface area contributed by atoms with E-state index in [4.69, 9.17) is 20.9 Å². The predicted molar refractivity (Wildman–Crippen MR) is 310 cm³/mol. The molecule has 2 aliphatic carbocycles. The summed E-state index contributed by atoms with van der Waals surface area (Å²) < 4.78 is 9.93. The summed E-state index contributed by atoms with van der Waals surface area (Å²) in [6.45, 7) is 11.6. The van der Waals surface area contributed by atoms with Crippen LogP contribution >= 0.6 is 0 Å². The molecule has 0 spiro atoms. The average molecular weight is 1020 g/mol. The number of aliphatic hydroxyl groups is 2. The Morgan fingerprint density at radius 3 is 1.09 bits per heavy atom. The van der Waals surface area contributed by atoms with E-state index in [-0.39, 0.29) is 11.9 Å². The van der Waals surface area contributed by atoms with Crippen LogP contribution in [0.3, 0.4) is 0 Å². The van der Waals surface area contributed by atoms with Crippen molar-refractivity contribution >= 4 is 34.7 Å². The fourth-order valence-electron chi connectivity index (χ4n) is 8.25. The van der Waals surface area contributed by atoms with Gasteiger partial charge in [-0.3, -0.25) is 0 Å². The van der Waals surface area contributed by atoms with Crippen molar-refractivity contribution in [3.05, 3.63) is 263 Å². The summed E-state index contributed by atoms with van der Waals surface area (Å²) in [7, 11) is 0. The lowest BCUT2D eigenvalue weighted by atomic mass is 10.1. The molecular weight excluding hydrogens is 945 g/mol. The second kappa shape index (κ2) is 29.1. The quantitative estimate of drug-likeness (QED) is 0.0544. The molecule has 394 valence electrons. The number of nitrogens with zero attached hydrogens (tertiary/aromatic N) is 2. The van der Waals surface area contributed by atoms with E-state index in [2.05, 4.69) is 101 Å². The Labute approximate surface area is 450 Å². The van der Waals surface area contributed by atoms with Gasteiger partial charge in [-0.05, 0) is 134 Å². The smallest absolute Gasteiger partial charge is 0.338 e. The molecule has 10 heteroatoms. The number of hydrogen-bond donors (Lipinski definition) is 4. The van der Waals surface area contributed by atoms with Gasteiger partial charge in [0, 0.05) is 48.9 Å². The molecule has 0 bridgehead atoms. The topological polar surface area (TPSA) is 152 Å². The molecule has 76 heavy (non-hydrogen) atoms. The maximum absolute atomic E-state index is 12.1. The molecule has 2 aliphatic rings. The van der Waals surface area contributed by atoms with Gasteiger partial charge >= 0.3 is 11.9 Å². The van der Waals surface area contributed by atoms with Crippen molar-refractivity contribution in [3.8, 4) is 0 Å². The minimum Gasteiger partial charge on any atom is -0.462 e. The molecule has 0 unspecified atom stereocenters. The molecule has 2 saturated carbocycles. The van der Waals surface area contributed by atoms with E-state index in [9.17, 15) is 19.8 Å². The SMILES string of the molecule is CC.CCOC(=O)c1cccc(N(Cc2ccccc2)Cc2ccccc2)c1.CCOC(=O)c1cccc(N)c1.Nc1cccc(C2(O)CC2)c1.OC1(c2cccc(N(Cc3ccccc3)Cc3ccccc3)c2)CC1. The number of hydrogen-bond acceptors (Lipinski definition) is 10. The third-order valence-electron chi connectivity index (χ3n) is 12.6. The van der Waals surface area contributed by atoms with Crippen LogP contribution in [0.2, 0.25) is 0 Å². The molecule has 0 heterocycles. The molecule has 0 aliphatic heterocycles. The number of carbonyl (C=O) groups is 2. The molecule has 0 atom stereocenters. The zero-order valence-electron chi connectivity index (χ0n) is 44.4. The van der Waals surface area contributed by atoms with Crippen LogP contribution in [0, 0.1) is 0 Å². The molecular formula is C66H74N4O6. The summed E-state index contributed by atoms with van der Waals surface area (Å²) in [5.74, 6) is -0.612. The molecule has 6 N–H and O–H groups in total. The summed E-state index contributed by atoms with van der Waals surface area (Å²) in [6.07, 6.45) is 3.48.